The van der Waals surface area contributed by atoms with Crippen molar-refractivity contribution in [2.45, 2.75) is 71.2 Å². The number of hydrogen-bond acceptors (Lipinski definition) is 7. The van der Waals surface area contributed by atoms with E-state index in [2.05, 4.69) is 21.0 Å². The van der Waals surface area contributed by atoms with E-state index in [9.17, 15) is 14.2 Å². The van der Waals surface area contributed by atoms with Crippen LogP contribution in [0.4, 0.5) is 0 Å². The molecule has 3 rings (SSSR count). The summed E-state index contributed by atoms with van der Waals surface area (Å²) in [6.45, 7) is 6.23. The van der Waals surface area contributed by atoms with Crippen molar-refractivity contribution in [1.82, 2.24) is 25.7 Å². The average molecular weight is 584 g/mol. The van der Waals surface area contributed by atoms with E-state index in [4.69, 9.17) is 9.05 Å². The predicted molar refractivity (Wildman–Crippen MR) is 159 cm³/mol. The monoisotopic (exact) mass is 583 g/mol. The van der Waals surface area contributed by atoms with Crippen molar-refractivity contribution in [3.63, 3.8) is 0 Å². The SMILES string of the molecule is CC[C@H](N[C@@H](CC(C)C)C(=O)N[C@@H](Cn1cccn1)C(=O)NC)P(=O)(OCc1ccccc1)OCc1ccccc1. The summed E-state index contributed by atoms with van der Waals surface area (Å²) in [5.74, 6) is -1.35. The first-order valence-electron chi connectivity index (χ1n) is 14.0. The number of hydrogen-bond donors (Lipinski definition) is 3. The van der Waals surface area contributed by atoms with Gasteiger partial charge in [0.05, 0.1) is 25.8 Å². The van der Waals surface area contributed by atoms with E-state index < -0.39 is 25.5 Å². The zero-order valence-electron chi connectivity index (χ0n) is 24.2. The molecule has 0 unspecified atom stereocenters. The molecule has 0 radical (unpaired) electrons. The molecule has 1 heterocycles. The molecular weight excluding hydrogens is 541 g/mol. The fraction of sp³-hybridized carbons (Fsp3) is 0.433. The van der Waals surface area contributed by atoms with Gasteiger partial charge in [-0.05, 0) is 36.0 Å². The summed E-state index contributed by atoms with van der Waals surface area (Å²) in [5, 5.41) is 12.9. The third-order valence-electron chi connectivity index (χ3n) is 6.50. The largest absolute Gasteiger partial charge is 0.357 e. The van der Waals surface area contributed by atoms with Gasteiger partial charge in [-0.1, -0.05) is 81.4 Å². The van der Waals surface area contributed by atoms with Crippen LogP contribution in [0.2, 0.25) is 0 Å². The van der Waals surface area contributed by atoms with Crippen LogP contribution in [-0.2, 0) is 43.0 Å². The van der Waals surface area contributed by atoms with Crippen molar-refractivity contribution >= 4 is 19.4 Å². The Kier molecular flexibility index (Phi) is 12.7. The summed E-state index contributed by atoms with van der Waals surface area (Å²) < 4.78 is 28.1. The van der Waals surface area contributed by atoms with Crippen LogP contribution in [0.1, 0.15) is 44.7 Å². The molecular formula is C30H42N5O5P. The van der Waals surface area contributed by atoms with Crippen LogP contribution < -0.4 is 16.0 Å². The molecule has 3 N–H and O–H groups in total. The lowest BCUT2D eigenvalue weighted by atomic mass is 10.0. The van der Waals surface area contributed by atoms with Gasteiger partial charge in [0.25, 0.3) is 0 Å². The molecule has 222 valence electrons. The molecule has 10 nitrogen and oxygen atoms in total. The average Bonchev–Trinajstić information content (AvgIpc) is 3.50. The van der Waals surface area contributed by atoms with E-state index in [0.717, 1.165) is 11.1 Å². The maximum absolute atomic E-state index is 14.4. The first-order valence-corrected chi connectivity index (χ1v) is 15.6. The van der Waals surface area contributed by atoms with Crippen LogP contribution >= 0.6 is 7.60 Å². The van der Waals surface area contributed by atoms with E-state index in [1.54, 1.807) is 23.1 Å². The van der Waals surface area contributed by atoms with Crippen LogP contribution in [-0.4, -0.2) is 46.5 Å². The number of carbonyl (C=O) groups excluding carboxylic acids is 2. The molecule has 0 fully saturated rings. The first-order chi connectivity index (χ1) is 19.7. The first kappa shape index (κ1) is 32.2. The Morgan fingerprint density at radius 3 is 1.95 bits per heavy atom. The van der Waals surface area contributed by atoms with Gasteiger partial charge in [0.1, 0.15) is 11.8 Å². The van der Waals surface area contributed by atoms with E-state index in [-0.39, 0.29) is 37.5 Å². The Morgan fingerprint density at radius 1 is 0.902 bits per heavy atom. The molecule has 41 heavy (non-hydrogen) atoms. The second-order valence-electron chi connectivity index (χ2n) is 10.2. The Bertz CT molecular complexity index is 1190. The van der Waals surface area contributed by atoms with E-state index in [1.807, 2.05) is 81.4 Å². The number of amides is 2. The zero-order chi connectivity index (χ0) is 29.7. The van der Waals surface area contributed by atoms with Crippen molar-refractivity contribution in [3.8, 4) is 0 Å². The molecule has 0 aliphatic carbocycles. The van der Waals surface area contributed by atoms with Crippen molar-refractivity contribution in [1.29, 1.82) is 0 Å². The van der Waals surface area contributed by atoms with Gasteiger partial charge in [0.2, 0.25) is 11.8 Å². The molecule has 3 atom stereocenters. The minimum atomic E-state index is -3.79. The van der Waals surface area contributed by atoms with E-state index in [0.29, 0.717) is 12.8 Å². The Balaban J connectivity index is 1.82. The van der Waals surface area contributed by atoms with Gasteiger partial charge in [-0.3, -0.25) is 24.2 Å². The van der Waals surface area contributed by atoms with Crippen LogP contribution in [0.5, 0.6) is 0 Å². The Hall–Kier alpha value is -3.30. The minimum Gasteiger partial charge on any atom is -0.357 e. The second kappa shape index (κ2) is 16.2. The molecule has 0 aliphatic heterocycles. The molecule has 0 spiro atoms. The lowest BCUT2D eigenvalue weighted by Gasteiger charge is -2.31. The van der Waals surface area contributed by atoms with Crippen molar-refractivity contribution in [3.05, 3.63) is 90.3 Å². The van der Waals surface area contributed by atoms with Gasteiger partial charge >= 0.3 is 7.60 Å². The highest BCUT2D eigenvalue weighted by molar-refractivity contribution is 7.54. The normalized spacial score (nSPS) is 13.9. The quantitative estimate of drug-likeness (QED) is 0.200. The van der Waals surface area contributed by atoms with Gasteiger partial charge in [-0.15, -0.1) is 0 Å². The summed E-state index contributed by atoms with van der Waals surface area (Å²) in [5.41, 5.74) is 1.71. The van der Waals surface area contributed by atoms with Crippen LogP contribution in [0.3, 0.4) is 0 Å². The summed E-state index contributed by atoms with van der Waals surface area (Å²) in [7, 11) is -2.27. The highest BCUT2D eigenvalue weighted by Crippen LogP contribution is 2.54. The standard InChI is InChI=1S/C30H42N5O5P/c1-5-28(41(38,39-21-24-13-8-6-9-14-24)40-22-25-15-10-7-11-16-25)33-26(19-23(2)3)30(37)34-27(29(36)31-4)20-35-18-12-17-32-35/h6-18,23,26-28,33H,5,19-22H2,1-4H3,(H,31,36)(H,34,37)/t26-,27-,28+/m0/s1. The molecule has 1 aromatic heterocycles. The topological polar surface area (TPSA) is 124 Å². The number of benzene rings is 2. The third-order valence-corrected chi connectivity index (χ3v) is 8.76. The smallest absolute Gasteiger partial charge is 0.348 e. The van der Waals surface area contributed by atoms with E-state index >= 15 is 0 Å². The number of nitrogens with zero attached hydrogens (tertiary/aromatic N) is 2. The molecule has 11 heteroatoms. The number of nitrogens with one attached hydrogen (secondary N) is 3. The lowest BCUT2D eigenvalue weighted by Crippen LogP contribution is -2.55. The number of aromatic nitrogens is 2. The van der Waals surface area contributed by atoms with Gasteiger partial charge in [0.15, 0.2) is 0 Å². The fourth-order valence-corrected chi connectivity index (χ4v) is 6.22. The Labute approximate surface area is 242 Å². The zero-order valence-corrected chi connectivity index (χ0v) is 25.1. The minimum absolute atomic E-state index is 0.0920. The summed E-state index contributed by atoms with van der Waals surface area (Å²) >= 11 is 0. The highest BCUT2D eigenvalue weighted by atomic mass is 31.2. The molecule has 0 aliphatic rings. The summed E-state index contributed by atoms with van der Waals surface area (Å²) in [4.78, 5) is 26.2. The molecule has 0 saturated carbocycles. The van der Waals surface area contributed by atoms with Crippen molar-refractivity contribution < 1.29 is 23.2 Å². The molecule has 0 saturated heterocycles. The number of likely N-dealkylation sites (N-methyl/N-ethyl adjacent to an activating group) is 1. The highest BCUT2D eigenvalue weighted by Gasteiger charge is 2.38. The fourth-order valence-electron chi connectivity index (χ4n) is 4.32. The van der Waals surface area contributed by atoms with Gasteiger partial charge in [0, 0.05) is 19.4 Å². The van der Waals surface area contributed by atoms with E-state index in [1.165, 1.54) is 7.05 Å². The van der Waals surface area contributed by atoms with Crippen molar-refractivity contribution in [2.75, 3.05) is 7.05 Å². The van der Waals surface area contributed by atoms with Gasteiger partial charge in [-0.25, -0.2) is 0 Å². The Morgan fingerprint density at radius 2 is 1.49 bits per heavy atom. The molecule has 3 aromatic rings. The van der Waals surface area contributed by atoms with Gasteiger partial charge < -0.3 is 19.7 Å². The predicted octanol–water partition coefficient (Wildman–Crippen LogP) is 4.48. The van der Waals surface area contributed by atoms with Crippen molar-refractivity contribution in [2.24, 2.45) is 5.92 Å². The summed E-state index contributed by atoms with van der Waals surface area (Å²) in [6, 6.07) is 19.1. The van der Waals surface area contributed by atoms with Crippen LogP contribution in [0.15, 0.2) is 79.1 Å². The van der Waals surface area contributed by atoms with Crippen LogP contribution in [0, 0.1) is 5.92 Å². The molecule has 0 bridgehead atoms. The molecule has 2 amide bonds. The summed E-state index contributed by atoms with van der Waals surface area (Å²) in [6.07, 6.45) is 4.17. The number of rotatable bonds is 17. The van der Waals surface area contributed by atoms with Crippen LogP contribution in [0.25, 0.3) is 0 Å². The maximum atomic E-state index is 14.4. The molecule has 2 aromatic carbocycles. The number of carbonyl (C=O) groups is 2. The maximum Gasteiger partial charge on any atom is 0.348 e. The third kappa shape index (κ3) is 10.2. The second-order valence-corrected chi connectivity index (χ2v) is 12.5. The lowest BCUT2D eigenvalue weighted by molar-refractivity contribution is -0.130. The van der Waals surface area contributed by atoms with Gasteiger partial charge in [-0.2, -0.15) is 5.10 Å².